The minimum atomic E-state index is -1.11. The predicted molar refractivity (Wildman–Crippen MR) is 108 cm³/mol. The molecule has 1 N–H and O–H groups in total. The SMILES string of the molecule is CCn1cc(-c2ccc3c(c2)ncn3-c2cc(OC)c(C(=O)O)c(OC)c2)cn1. The van der Waals surface area contributed by atoms with E-state index >= 15 is 0 Å². The fourth-order valence-corrected chi connectivity index (χ4v) is 3.33. The molecule has 8 nitrogen and oxygen atoms in total. The predicted octanol–water partition coefficient (Wildman–Crippen LogP) is 3.62. The minimum absolute atomic E-state index is 0.0154. The third-order valence-electron chi connectivity index (χ3n) is 4.82. The first-order chi connectivity index (χ1) is 14.0. The van der Waals surface area contributed by atoms with Crippen molar-refractivity contribution in [2.75, 3.05) is 14.2 Å². The van der Waals surface area contributed by atoms with Gasteiger partial charge in [0, 0.05) is 30.4 Å². The Labute approximate surface area is 166 Å². The fourth-order valence-electron chi connectivity index (χ4n) is 3.33. The van der Waals surface area contributed by atoms with E-state index < -0.39 is 5.97 Å². The molecule has 0 spiro atoms. The maximum Gasteiger partial charge on any atom is 0.343 e. The lowest BCUT2D eigenvalue weighted by Crippen LogP contribution is -2.05. The topological polar surface area (TPSA) is 91.4 Å². The van der Waals surface area contributed by atoms with Crippen LogP contribution in [0.4, 0.5) is 0 Å². The molecule has 2 heterocycles. The summed E-state index contributed by atoms with van der Waals surface area (Å²) in [5.41, 5.74) is 4.42. The highest BCUT2D eigenvalue weighted by Crippen LogP contribution is 2.34. The molecule has 4 rings (SSSR count). The Bertz CT molecular complexity index is 1180. The third kappa shape index (κ3) is 3.18. The number of ether oxygens (including phenoxy) is 2. The van der Waals surface area contributed by atoms with Crippen LogP contribution < -0.4 is 9.47 Å². The van der Waals surface area contributed by atoms with Crippen LogP contribution in [0.2, 0.25) is 0 Å². The minimum Gasteiger partial charge on any atom is -0.496 e. The zero-order valence-electron chi connectivity index (χ0n) is 16.3. The summed E-state index contributed by atoms with van der Waals surface area (Å²) in [6.45, 7) is 2.85. The van der Waals surface area contributed by atoms with E-state index in [1.165, 1.54) is 14.2 Å². The van der Waals surface area contributed by atoms with E-state index in [0.29, 0.717) is 5.69 Å². The summed E-state index contributed by atoms with van der Waals surface area (Å²) < 4.78 is 14.3. The number of aryl methyl sites for hydroxylation is 1. The second-order valence-electron chi connectivity index (χ2n) is 6.43. The van der Waals surface area contributed by atoms with Gasteiger partial charge in [0.2, 0.25) is 0 Å². The van der Waals surface area contributed by atoms with Crippen molar-refractivity contribution in [1.29, 1.82) is 0 Å². The number of fused-ring (bicyclic) bond motifs is 1. The van der Waals surface area contributed by atoms with Crippen molar-refractivity contribution < 1.29 is 19.4 Å². The van der Waals surface area contributed by atoms with E-state index in [1.54, 1.807) is 18.5 Å². The van der Waals surface area contributed by atoms with Gasteiger partial charge in [0.05, 0.1) is 37.1 Å². The van der Waals surface area contributed by atoms with Crippen LogP contribution in [0.15, 0.2) is 49.1 Å². The average molecular weight is 392 g/mol. The summed E-state index contributed by atoms with van der Waals surface area (Å²) in [7, 11) is 2.86. The molecule has 0 amide bonds. The van der Waals surface area contributed by atoms with Crippen LogP contribution in [0.5, 0.6) is 11.5 Å². The third-order valence-corrected chi connectivity index (χ3v) is 4.82. The highest BCUT2D eigenvalue weighted by atomic mass is 16.5. The van der Waals surface area contributed by atoms with Crippen LogP contribution in [0, 0.1) is 0 Å². The molecule has 0 aliphatic carbocycles. The highest BCUT2D eigenvalue weighted by Gasteiger charge is 2.20. The number of hydrogen-bond donors (Lipinski definition) is 1. The van der Waals surface area contributed by atoms with E-state index in [4.69, 9.17) is 9.47 Å². The number of nitrogens with zero attached hydrogens (tertiary/aromatic N) is 4. The van der Waals surface area contributed by atoms with Gasteiger partial charge >= 0.3 is 5.97 Å². The number of aromatic carboxylic acids is 1. The summed E-state index contributed by atoms with van der Waals surface area (Å²) in [5.74, 6) is -0.674. The molecule has 0 unspecified atom stereocenters. The number of benzene rings is 2. The van der Waals surface area contributed by atoms with Crippen LogP contribution in [0.1, 0.15) is 17.3 Å². The number of carboxylic acid groups (broad SMARTS) is 1. The molecule has 0 atom stereocenters. The van der Waals surface area contributed by atoms with Gasteiger partial charge in [-0.25, -0.2) is 9.78 Å². The van der Waals surface area contributed by atoms with E-state index in [0.717, 1.165) is 28.7 Å². The van der Waals surface area contributed by atoms with Gasteiger partial charge in [-0.2, -0.15) is 5.10 Å². The largest absolute Gasteiger partial charge is 0.496 e. The van der Waals surface area contributed by atoms with Gasteiger partial charge in [-0.1, -0.05) is 6.07 Å². The molecule has 0 saturated heterocycles. The molecule has 0 fully saturated rings. The van der Waals surface area contributed by atoms with Crippen LogP contribution in [0.3, 0.4) is 0 Å². The number of methoxy groups -OCH3 is 2. The number of rotatable bonds is 6. The van der Waals surface area contributed by atoms with Crippen LogP contribution >= 0.6 is 0 Å². The van der Waals surface area contributed by atoms with Gasteiger partial charge < -0.3 is 14.6 Å². The molecule has 0 aliphatic rings. The molecule has 2 aromatic carbocycles. The van der Waals surface area contributed by atoms with Gasteiger partial charge in [-0.15, -0.1) is 0 Å². The highest BCUT2D eigenvalue weighted by molar-refractivity contribution is 5.95. The van der Waals surface area contributed by atoms with Crippen molar-refractivity contribution in [2.45, 2.75) is 13.5 Å². The van der Waals surface area contributed by atoms with Crippen LogP contribution in [0.25, 0.3) is 27.8 Å². The normalized spacial score (nSPS) is 11.0. The quantitative estimate of drug-likeness (QED) is 0.539. The summed E-state index contributed by atoms with van der Waals surface area (Å²) in [6, 6.07) is 9.31. The first-order valence-electron chi connectivity index (χ1n) is 9.05. The summed E-state index contributed by atoms with van der Waals surface area (Å²) in [6.07, 6.45) is 5.53. The van der Waals surface area contributed by atoms with E-state index in [2.05, 4.69) is 10.1 Å². The van der Waals surface area contributed by atoms with Crippen molar-refractivity contribution >= 4 is 17.0 Å². The number of carboxylic acids is 1. The molecule has 0 aliphatic heterocycles. The summed E-state index contributed by atoms with van der Waals surface area (Å²) in [5, 5.41) is 13.8. The second-order valence-corrected chi connectivity index (χ2v) is 6.43. The molecule has 148 valence electrons. The smallest absolute Gasteiger partial charge is 0.343 e. The Morgan fingerprint density at radius 1 is 1.10 bits per heavy atom. The summed E-state index contributed by atoms with van der Waals surface area (Å²) in [4.78, 5) is 16.1. The monoisotopic (exact) mass is 392 g/mol. The molecule has 0 saturated carbocycles. The molecule has 0 radical (unpaired) electrons. The van der Waals surface area contributed by atoms with E-state index in [-0.39, 0.29) is 17.1 Å². The zero-order valence-corrected chi connectivity index (χ0v) is 16.3. The van der Waals surface area contributed by atoms with Crippen LogP contribution in [-0.2, 0) is 6.54 Å². The van der Waals surface area contributed by atoms with Gasteiger partial charge in [0.1, 0.15) is 23.4 Å². The Balaban J connectivity index is 1.81. The molecule has 4 aromatic rings. The van der Waals surface area contributed by atoms with Gasteiger partial charge in [-0.3, -0.25) is 9.25 Å². The molecule has 29 heavy (non-hydrogen) atoms. The molecule has 8 heteroatoms. The Morgan fingerprint density at radius 2 is 1.83 bits per heavy atom. The van der Waals surface area contributed by atoms with Gasteiger partial charge in [-0.05, 0) is 24.6 Å². The van der Waals surface area contributed by atoms with Crippen molar-refractivity contribution in [1.82, 2.24) is 19.3 Å². The van der Waals surface area contributed by atoms with Crippen molar-refractivity contribution in [3.8, 4) is 28.3 Å². The number of imidazole rings is 1. The van der Waals surface area contributed by atoms with Crippen molar-refractivity contribution in [3.05, 3.63) is 54.6 Å². The molecule has 0 bridgehead atoms. The maximum absolute atomic E-state index is 11.6. The molecule has 2 aromatic heterocycles. The Kier molecular flexibility index (Phi) is 4.67. The number of carbonyl (C=O) groups is 1. The van der Waals surface area contributed by atoms with Crippen LogP contribution in [-0.4, -0.2) is 44.6 Å². The standard InChI is InChI=1S/C21H20N4O4/c1-4-24-11-14(10-23-24)13-5-6-17-16(7-13)22-12-25(17)15-8-18(28-2)20(21(26)27)19(9-15)29-3/h5-12H,4H2,1-3H3,(H,26,27). The van der Waals surface area contributed by atoms with Crippen molar-refractivity contribution in [2.24, 2.45) is 0 Å². The first kappa shape index (κ1) is 18.5. The second kappa shape index (κ2) is 7.31. The lowest BCUT2D eigenvalue weighted by atomic mass is 10.1. The average Bonchev–Trinajstić information content (AvgIpc) is 3.38. The summed E-state index contributed by atoms with van der Waals surface area (Å²) >= 11 is 0. The van der Waals surface area contributed by atoms with Gasteiger partial charge in [0.15, 0.2) is 0 Å². The number of hydrogen-bond acceptors (Lipinski definition) is 5. The molecular formula is C21H20N4O4. The lowest BCUT2D eigenvalue weighted by Gasteiger charge is -2.13. The lowest BCUT2D eigenvalue weighted by molar-refractivity contribution is 0.0689. The Hall–Kier alpha value is -3.81. The first-order valence-corrected chi connectivity index (χ1v) is 9.05. The van der Waals surface area contributed by atoms with Gasteiger partial charge in [0.25, 0.3) is 0 Å². The fraction of sp³-hybridized carbons (Fsp3) is 0.190. The molecular weight excluding hydrogens is 372 g/mol. The Morgan fingerprint density at radius 3 is 2.41 bits per heavy atom. The van der Waals surface area contributed by atoms with E-state index in [9.17, 15) is 9.90 Å². The van der Waals surface area contributed by atoms with E-state index in [1.807, 2.05) is 46.8 Å². The maximum atomic E-state index is 11.6. The zero-order chi connectivity index (χ0) is 20.5. The number of aromatic nitrogens is 4. The van der Waals surface area contributed by atoms with Crippen molar-refractivity contribution in [3.63, 3.8) is 0 Å².